The Bertz CT molecular complexity index is 999. The fourth-order valence-corrected chi connectivity index (χ4v) is 5.39. The molecule has 0 aliphatic heterocycles. The van der Waals surface area contributed by atoms with Gasteiger partial charge in [0.1, 0.15) is 19.3 Å². The molecule has 0 aliphatic rings. The van der Waals surface area contributed by atoms with Crippen molar-refractivity contribution in [3.05, 3.63) is 85.1 Å². The number of carbonyl (C=O) groups excluding carboxylic acids is 2. The fourth-order valence-electron chi connectivity index (χ4n) is 5.39. The van der Waals surface area contributed by atoms with Crippen LogP contribution in [0.25, 0.3) is 0 Å². The third-order valence-electron chi connectivity index (χ3n) is 8.62. The quantitative estimate of drug-likeness (QED) is 0.0393. The first kappa shape index (κ1) is 49.1. The third-order valence-corrected chi connectivity index (χ3v) is 8.62. The van der Waals surface area contributed by atoms with Crippen LogP contribution in [0.5, 0.6) is 0 Å². The van der Waals surface area contributed by atoms with E-state index in [0.717, 1.165) is 51.4 Å². The molecule has 0 radical (unpaired) electrons. The number of rotatable bonds is 37. The molecule has 1 N–H and O–H groups in total. The minimum atomic E-state index is -1.00. The van der Waals surface area contributed by atoms with Gasteiger partial charge in [0.05, 0.1) is 0 Å². The third kappa shape index (κ3) is 41.5. The van der Waals surface area contributed by atoms with Crippen LogP contribution in [0.1, 0.15) is 181 Å². The summed E-state index contributed by atoms with van der Waals surface area (Å²) in [6.45, 7) is 4.17. The zero-order valence-corrected chi connectivity index (χ0v) is 33.5. The van der Waals surface area contributed by atoms with Crippen LogP contribution in [0, 0.1) is 0 Å². The smallest absolute Gasteiger partial charge is 0.306 e. The number of unbranched alkanes of at least 4 members (excludes halogenated alkanes) is 15. The topological polar surface area (TPSA) is 72.8 Å². The summed E-state index contributed by atoms with van der Waals surface area (Å²) in [4.78, 5) is 24.0. The number of hydrogen-bond donors (Lipinski definition) is 1. The summed E-state index contributed by atoms with van der Waals surface area (Å²) in [5.41, 5.74) is 0. The van der Waals surface area contributed by atoms with Crippen molar-refractivity contribution in [1.29, 1.82) is 0 Å². The normalized spacial score (nSPS) is 13.1. The van der Waals surface area contributed by atoms with Gasteiger partial charge >= 0.3 is 11.9 Å². The molecule has 5 heteroatoms. The first-order valence-corrected chi connectivity index (χ1v) is 21.1. The molecule has 296 valence electrons. The number of esters is 2. The monoisotopic (exact) mass is 723 g/mol. The van der Waals surface area contributed by atoms with Crippen molar-refractivity contribution in [2.75, 3.05) is 13.2 Å². The molecule has 0 saturated carbocycles. The fraction of sp³-hybridized carbons (Fsp3) is 0.660. The van der Waals surface area contributed by atoms with Gasteiger partial charge in [-0.05, 0) is 83.5 Å². The predicted molar refractivity (Wildman–Crippen MR) is 223 cm³/mol. The lowest BCUT2D eigenvalue weighted by atomic mass is 10.1. The molecule has 0 aliphatic carbocycles. The van der Waals surface area contributed by atoms with Gasteiger partial charge in [0.25, 0.3) is 0 Å². The van der Waals surface area contributed by atoms with Crippen LogP contribution in [0.15, 0.2) is 85.1 Å². The Morgan fingerprint density at radius 2 is 0.712 bits per heavy atom. The summed E-state index contributed by atoms with van der Waals surface area (Å²) in [5.74, 6) is -0.668. The maximum atomic E-state index is 12.0. The molecular weight excluding hydrogens is 645 g/mol. The Hall–Kier alpha value is -2.92. The maximum Gasteiger partial charge on any atom is 0.306 e. The van der Waals surface area contributed by atoms with E-state index in [1.54, 1.807) is 0 Å². The number of hydrogen-bond acceptors (Lipinski definition) is 5. The number of allylic oxidation sites excluding steroid dienone is 14. The summed E-state index contributed by atoms with van der Waals surface area (Å²) >= 11 is 0. The van der Waals surface area contributed by atoms with Gasteiger partial charge < -0.3 is 14.6 Å². The van der Waals surface area contributed by atoms with Crippen LogP contribution >= 0.6 is 0 Å². The molecule has 0 aromatic heterocycles. The minimum absolute atomic E-state index is 0.146. The van der Waals surface area contributed by atoms with E-state index in [9.17, 15) is 14.7 Å². The molecule has 0 amide bonds. The van der Waals surface area contributed by atoms with E-state index in [-0.39, 0.29) is 31.6 Å². The number of aliphatic hydroxyl groups excluding tert-OH is 1. The second-order valence-corrected chi connectivity index (χ2v) is 13.7. The summed E-state index contributed by atoms with van der Waals surface area (Å²) in [7, 11) is 0. The highest BCUT2D eigenvalue weighted by Crippen LogP contribution is 2.12. The Kier molecular flexibility index (Phi) is 40.1. The first-order chi connectivity index (χ1) is 25.6. The molecule has 0 fully saturated rings. The van der Waals surface area contributed by atoms with Crippen molar-refractivity contribution in [3.63, 3.8) is 0 Å². The van der Waals surface area contributed by atoms with Crippen LogP contribution in [-0.2, 0) is 19.1 Å². The van der Waals surface area contributed by atoms with E-state index in [2.05, 4.69) is 86.8 Å². The number of aliphatic hydroxyl groups is 1. The molecule has 0 saturated heterocycles. The van der Waals surface area contributed by atoms with Gasteiger partial charge in [-0.15, -0.1) is 0 Å². The van der Waals surface area contributed by atoms with Crippen molar-refractivity contribution < 1.29 is 24.2 Å². The van der Waals surface area contributed by atoms with Gasteiger partial charge in [-0.2, -0.15) is 0 Å². The van der Waals surface area contributed by atoms with Crippen molar-refractivity contribution in [1.82, 2.24) is 0 Å². The first-order valence-electron chi connectivity index (χ1n) is 21.1. The standard InChI is InChI=1S/C47H78O5/c1-3-5-7-9-11-13-15-17-19-21-23-25-27-29-31-33-35-37-39-41-46(49)51-43-45(48)44-52-47(50)42-40-38-36-34-32-30-28-26-24-22-20-18-16-14-12-10-8-6-4-2/h11-14,17-20,23,25,29,31,35,37,45,48H,3-10,15-16,21-22,24,26-28,30,32-34,36,38-44H2,1-2H3/b13-11-,14-12-,19-17-,20-18-,25-23-,31-29-,37-35-/t45-/m0/s1. The summed E-state index contributed by atoms with van der Waals surface area (Å²) < 4.78 is 10.3. The summed E-state index contributed by atoms with van der Waals surface area (Å²) in [6, 6.07) is 0. The molecule has 0 unspecified atom stereocenters. The highest BCUT2D eigenvalue weighted by Gasteiger charge is 2.11. The van der Waals surface area contributed by atoms with Crippen LogP contribution in [-0.4, -0.2) is 36.4 Å². The summed E-state index contributed by atoms with van der Waals surface area (Å²) in [6.07, 6.45) is 57.9. The van der Waals surface area contributed by atoms with E-state index >= 15 is 0 Å². The molecule has 1 atom stereocenters. The molecule has 0 heterocycles. The molecule has 0 spiro atoms. The van der Waals surface area contributed by atoms with Crippen molar-refractivity contribution in [2.45, 2.75) is 187 Å². The lowest BCUT2D eigenvalue weighted by Crippen LogP contribution is -2.25. The zero-order chi connectivity index (χ0) is 37.8. The maximum absolute atomic E-state index is 12.0. The SMILES string of the molecule is CCCCC/C=C\C/C=C\C/C=C\C/C=C\C/C=C\CCC(=O)OC[C@H](O)COC(=O)CCCCCCCCCCC/C=C\C/C=C\CCCCC. The van der Waals surface area contributed by atoms with Gasteiger partial charge in [-0.1, -0.05) is 170 Å². The molecular formula is C47H78O5. The largest absolute Gasteiger partial charge is 0.463 e. The Balaban J connectivity index is 3.57. The van der Waals surface area contributed by atoms with Crippen molar-refractivity contribution >= 4 is 11.9 Å². The van der Waals surface area contributed by atoms with Gasteiger partial charge in [0.2, 0.25) is 0 Å². The van der Waals surface area contributed by atoms with Crippen LogP contribution in [0.2, 0.25) is 0 Å². The Morgan fingerprint density at radius 3 is 1.12 bits per heavy atom. The minimum Gasteiger partial charge on any atom is -0.463 e. The van der Waals surface area contributed by atoms with E-state index in [0.29, 0.717) is 12.8 Å². The van der Waals surface area contributed by atoms with Gasteiger partial charge in [0.15, 0.2) is 0 Å². The van der Waals surface area contributed by atoms with Crippen LogP contribution in [0.4, 0.5) is 0 Å². The lowest BCUT2D eigenvalue weighted by Gasteiger charge is -2.12. The molecule has 5 nitrogen and oxygen atoms in total. The highest BCUT2D eigenvalue weighted by atomic mass is 16.6. The Labute approximate surface area is 320 Å². The summed E-state index contributed by atoms with van der Waals surface area (Å²) in [5, 5.41) is 10.0. The molecule has 0 aromatic carbocycles. The Morgan fingerprint density at radius 1 is 0.404 bits per heavy atom. The van der Waals surface area contributed by atoms with Gasteiger partial charge in [-0.25, -0.2) is 0 Å². The van der Waals surface area contributed by atoms with E-state index < -0.39 is 6.10 Å². The average Bonchev–Trinajstić information content (AvgIpc) is 3.15. The van der Waals surface area contributed by atoms with Gasteiger partial charge in [-0.3, -0.25) is 9.59 Å². The van der Waals surface area contributed by atoms with Crippen molar-refractivity contribution in [3.8, 4) is 0 Å². The van der Waals surface area contributed by atoms with Crippen LogP contribution < -0.4 is 0 Å². The van der Waals surface area contributed by atoms with E-state index in [4.69, 9.17) is 9.47 Å². The number of ether oxygens (including phenoxy) is 2. The zero-order valence-electron chi connectivity index (χ0n) is 33.5. The number of carbonyl (C=O) groups is 2. The second kappa shape index (κ2) is 42.5. The highest BCUT2D eigenvalue weighted by molar-refractivity contribution is 5.70. The van der Waals surface area contributed by atoms with E-state index in [1.165, 1.54) is 96.3 Å². The average molecular weight is 723 g/mol. The van der Waals surface area contributed by atoms with Gasteiger partial charge in [0, 0.05) is 12.8 Å². The molecule has 0 rings (SSSR count). The molecule has 0 aromatic rings. The lowest BCUT2D eigenvalue weighted by molar-refractivity contribution is -0.152. The van der Waals surface area contributed by atoms with E-state index in [1.807, 2.05) is 12.2 Å². The van der Waals surface area contributed by atoms with Crippen molar-refractivity contribution in [2.24, 2.45) is 0 Å². The second-order valence-electron chi connectivity index (χ2n) is 13.7. The van der Waals surface area contributed by atoms with Crippen LogP contribution in [0.3, 0.4) is 0 Å². The predicted octanol–water partition coefficient (Wildman–Crippen LogP) is 13.5. The molecule has 0 bridgehead atoms. The molecule has 52 heavy (non-hydrogen) atoms.